The summed E-state index contributed by atoms with van der Waals surface area (Å²) in [7, 11) is 0. The molecule has 1 aliphatic rings. The Balaban J connectivity index is 2.10. The fourth-order valence-electron chi connectivity index (χ4n) is 1.98. The van der Waals surface area contributed by atoms with Crippen LogP contribution in [0, 0.1) is 12.8 Å². The minimum absolute atomic E-state index is 0.0452. The van der Waals surface area contributed by atoms with E-state index in [0.717, 1.165) is 22.1 Å². The van der Waals surface area contributed by atoms with E-state index in [2.05, 4.69) is 21.2 Å². The lowest BCUT2D eigenvalue weighted by atomic mass is 10.0. The van der Waals surface area contributed by atoms with Gasteiger partial charge >= 0.3 is 0 Å². The van der Waals surface area contributed by atoms with Crippen molar-refractivity contribution in [2.75, 3.05) is 11.9 Å². The minimum atomic E-state index is -0.312. The molecule has 0 saturated carbocycles. The van der Waals surface area contributed by atoms with Crippen molar-refractivity contribution in [2.24, 2.45) is 5.92 Å². The van der Waals surface area contributed by atoms with E-state index in [0.29, 0.717) is 12.5 Å². The van der Waals surface area contributed by atoms with Gasteiger partial charge in [0.15, 0.2) is 0 Å². The van der Waals surface area contributed by atoms with E-state index >= 15 is 0 Å². The van der Waals surface area contributed by atoms with Crippen LogP contribution in [0.1, 0.15) is 18.9 Å². The Labute approximate surface area is 110 Å². The van der Waals surface area contributed by atoms with Crippen molar-refractivity contribution in [1.29, 1.82) is 0 Å². The smallest absolute Gasteiger partial charge is 0.253 e. The van der Waals surface area contributed by atoms with E-state index in [4.69, 9.17) is 4.74 Å². The Hall–Kier alpha value is -0.870. The standard InChI is InChI=1S/C13H16BrNO2/c1-8-6-7-17-12(8)13(16)15-11-5-3-4-10(14)9(11)2/h3-5,8,12H,6-7H2,1-2H3,(H,15,16). The Bertz CT molecular complexity index is 433. The van der Waals surface area contributed by atoms with Crippen molar-refractivity contribution in [3.8, 4) is 0 Å². The number of halogens is 1. The number of rotatable bonds is 2. The zero-order chi connectivity index (χ0) is 12.4. The van der Waals surface area contributed by atoms with Gasteiger partial charge in [0.25, 0.3) is 5.91 Å². The highest BCUT2D eigenvalue weighted by Gasteiger charge is 2.31. The molecule has 1 saturated heterocycles. The molecule has 1 N–H and O–H groups in total. The molecule has 4 heteroatoms. The van der Waals surface area contributed by atoms with Gasteiger partial charge in [-0.05, 0) is 37.0 Å². The Kier molecular flexibility index (Phi) is 3.84. The van der Waals surface area contributed by atoms with Gasteiger partial charge < -0.3 is 10.1 Å². The third-order valence-corrected chi connectivity index (χ3v) is 4.03. The first kappa shape index (κ1) is 12.6. The molecule has 0 radical (unpaired) electrons. The van der Waals surface area contributed by atoms with Gasteiger partial charge in [0, 0.05) is 16.8 Å². The van der Waals surface area contributed by atoms with Crippen LogP contribution in [-0.4, -0.2) is 18.6 Å². The van der Waals surface area contributed by atoms with Gasteiger partial charge in [0.05, 0.1) is 0 Å². The molecule has 1 aromatic rings. The zero-order valence-corrected chi connectivity index (χ0v) is 11.6. The predicted molar refractivity (Wildman–Crippen MR) is 71.0 cm³/mol. The van der Waals surface area contributed by atoms with Crippen molar-refractivity contribution >= 4 is 27.5 Å². The number of hydrogen-bond acceptors (Lipinski definition) is 2. The molecular weight excluding hydrogens is 282 g/mol. The highest BCUT2D eigenvalue weighted by Crippen LogP contribution is 2.26. The molecule has 1 fully saturated rings. The van der Waals surface area contributed by atoms with E-state index in [1.165, 1.54) is 0 Å². The lowest BCUT2D eigenvalue weighted by molar-refractivity contribution is -0.126. The maximum atomic E-state index is 12.0. The second-order valence-electron chi connectivity index (χ2n) is 4.46. The monoisotopic (exact) mass is 297 g/mol. The van der Waals surface area contributed by atoms with Crippen LogP contribution in [0.15, 0.2) is 22.7 Å². The molecule has 17 heavy (non-hydrogen) atoms. The van der Waals surface area contributed by atoms with Crippen LogP contribution >= 0.6 is 15.9 Å². The molecule has 2 unspecified atom stereocenters. The van der Waals surface area contributed by atoms with Crippen molar-refractivity contribution in [1.82, 2.24) is 0 Å². The summed E-state index contributed by atoms with van der Waals surface area (Å²) in [5.41, 5.74) is 1.87. The topological polar surface area (TPSA) is 38.3 Å². The first-order valence-corrected chi connectivity index (χ1v) is 6.56. The molecule has 0 spiro atoms. The van der Waals surface area contributed by atoms with Crippen LogP contribution in [0.4, 0.5) is 5.69 Å². The van der Waals surface area contributed by atoms with Gasteiger partial charge in [-0.25, -0.2) is 0 Å². The number of carbonyl (C=O) groups is 1. The molecule has 1 amide bonds. The quantitative estimate of drug-likeness (QED) is 0.911. The predicted octanol–water partition coefficient (Wildman–Crippen LogP) is 3.12. The maximum absolute atomic E-state index is 12.0. The second kappa shape index (κ2) is 5.19. The zero-order valence-electron chi connectivity index (χ0n) is 10.00. The van der Waals surface area contributed by atoms with E-state index in [1.54, 1.807) is 0 Å². The maximum Gasteiger partial charge on any atom is 0.253 e. The number of ether oxygens (including phenoxy) is 1. The highest BCUT2D eigenvalue weighted by atomic mass is 79.9. The molecule has 3 nitrogen and oxygen atoms in total. The van der Waals surface area contributed by atoms with Crippen molar-refractivity contribution in [3.05, 3.63) is 28.2 Å². The molecule has 1 heterocycles. The molecule has 0 aromatic heterocycles. The van der Waals surface area contributed by atoms with Gasteiger partial charge in [-0.2, -0.15) is 0 Å². The van der Waals surface area contributed by atoms with Crippen LogP contribution in [0.3, 0.4) is 0 Å². The Morgan fingerprint density at radius 1 is 1.53 bits per heavy atom. The summed E-state index contributed by atoms with van der Waals surface area (Å²) in [6, 6.07) is 5.77. The molecule has 1 aliphatic heterocycles. The van der Waals surface area contributed by atoms with Gasteiger partial charge in [0.2, 0.25) is 0 Å². The third kappa shape index (κ3) is 2.69. The molecule has 0 aliphatic carbocycles. The SMILES string of the molecule is Cc1c(Br)cccc1NC(=O)C1OCCC1C. The summed E-state index contributed by atoms with van der Waals surface area (Å²) in [6.45, 7) is 4.69. The summed E-state index contributed by atoms with van der Waals surface area (Å²) in [4.78, 5) is 12.0. The average molecular weight is 298 g/mol. The average Bonchev–Trinajstić information content (AvgIpc) is 2.71. The fourth-order valence-corrected chi connectivity index (χ4v) is 2.34. The number of amides is 1. The molecule has 2 atom stereocenters. The number of benzene rings is 1. The van der Waals surface area contributed by atoms with Crippen LogP contribution in [-0.2, 0) is 9.53 Å². The fraction of sp³-hybridized carbons (Fsp3) is 0.462. The largest absolute Gasteiger partial charge is 0.368 e. The number of nitrogens with one attached hydrogen (secondary N) is 1. The molecule has 1 aromatic carbocycles. The second-order valence-corrected chi connectivity index (χ2v) is 5.31. The van der Waals surface area contributed by atoms with Crippen LogP contribution < -0.4 is 5.32 Å². The lowest BCUT2D eigenvalue weighted by Gasteiger charge is -2.16. The summed E-state index contributed by atoms with van der Waals surface area (Å²) >= 11 is 3.45. The van der Waals surface area contributed by atoms with Crippen LogP contribution in [0.5, 0.6) is 0 Å². The first-order valence-electron chi connectivity index (χ1n) is 5.77. The molecule has 0 bridgehead atoms. The number of anilines is 1. The summed E-state index contributed by atoms with van der Waals surface area (Å²) in [5.74, 6) is 0.249. The van der Waals surface area contributed by atoms with Gasteiger partial charge in [-0.3, -0.25) is 4.79 Å². The Morgan fingerprint density at radius 2 is 2.29 bits per heavy atom. The summed E-state index contributed by atoms with van der Waals surface area (Å²) in [5, 5.41) is 2.93. The minimum Gasteiger partial charge on any atom is -0.368 e. The van der Waals surface area contributed by atoms with E-state index in [-0.39, 0.29) is 12.0 Å². The molecular formula is C13H16BrNO2. The van der Waals surface area contributed by atoms with Crippen molar-refractivity contribution in [3.63, 3.8) is 0 Å². The Morgan fingerprint density at radius 3 is 2.94 bits per heavy atom. The molecule has 92 valence electrons. The van der Waals surface area contributed by atoms with E-state index < -0.39 is 0 Å². The number of hydrogen-bond donors (Lipinski definition) is 1. The normalized spacial score (nSPS) is 23.7. The van der Waals surface area contributed by atoms with Crippen LogP contribution in [0.2, 0.25) is 0 Å². The van der Waals surface area contributed by atoms with Gasteiger partial charge in [-0.1, -0.05) is 28.9 Å². The number of carbonyl (C=O) groups excluding carboxylic acids is 1. The first-order chi connectivity index (χ1) is 8.09. The summed E-state index contributed by atoms with van der Waals surface area (Å²) < 4.78 is 6.44. The lowest BCUT2D eigenvalue weighted by Crippen LogP contribution is -2.31. The van der Waals surface area contributed by atoms with Crippen LogP contribution in [0.25, 0.3) is 0 Å². The van der Waals surface area contributed by atoms with Gasteiger partial charge in [0.1, 0.15) is 6.10 Å². The van der Waals surface area contributed by atoms with E-state index in [1.807, 2.05) is 32.0 Å². The highest BCUT2D eigenvalue weighted by molar-refractivity contribution is 9.10. The van der Waals surface area contributed by atoms with E-state index in [9.17, 15) is 4.79 Å². The van der Waals surface area contributed by atoms with Crippen molar-refractivity contribution < 1.29 is 9.53 Å². The molecule has 2 rings (SSSR count). The third-order valence-electron chi connectivity index (χ3n) is 3.17. The van der Waals surface area contributed by atoms with Crippen molar-refractivity contribution in [2.45, 2.75) is 26.4 Å². The summed E-state index contributed by atoms with van der Waals surface area (Å²) in [6.07, 6.45) is 0.642. The van der Waals surface area contributed by atoms with Gasteiger partial charge in [-0.15, -0.1) is 0 Å².